The number of hydrogen-bond acceptors (Lipinski definition) is 24. The number of nitrogens with one attached hydrogen (secondary N) is 12. The van der Waals surface area contributed by atoms with Gasteiger partial charge >= 0.3 is 34.3 Å². The predicted molar refractivity (Wildman–Crippen MR) is 467 cm³/mol. The van der Waals surface area contributed by atoms with E-state index in [9.17, 15) is 105 Å². The fourth-order valence-corrected chi connectivity index (χ4v) is 13.7. The monoisotopic (exact) mass is 1840 g/mol. The molecule has 716 valence electrons. The molecule has 0 bridgehead atoms. The molecular weight excluding hydrogens is 1710 g/mol. The number of aromatic amines is 1. The normalized spacial score (nSPS) is 13.1. The van der Waals surface area contributed by atoms with Crippen molar-refractivity contribution in [3.8, 4) is 5.75 Å². The van der Waals surface area contributed by atoms with Gasteiger partial charge in [-0.05, 0) is 86.4 Å². The maximum atomic E-state index is 14.6. The molecule has 0 fully saturated rings. The van der Waals surface area contributed by atoms with Gasteiger partial charge in [0.25, 0.3) is 0 Å². The van der Waals surface area contributed by atoms with Crippen molar-refractivity contribution in [1.82, 2.24) is 63.5 Å². The van der Waals surface area contributed by atoms with Crippen LogP contribution in [-0.2, 0) is 125 Å². The Morgan fingerprint density at radius 1 is 0.395 bits per heavy atom. The van der Waals surface area contributed by atoms with Crippen LogP contribution in [0.15, 0.2) is 85.1 Å². The number of rotatable bonds is 73. The molecule has 4 rings (SSSR count). The smallest absolute Gasteiger partial charge is 0.446 e. The summed E-state index contributed by atoms with van der Waals surface area (Å²) in [5, 5.41) is 66.1. The molecule has 12 amide bonds. The number of carboxylic acid groups (broad SMARTS) is 4. The van der Waals surface area contributed by atoms with E-state index in [-0.39, 0.29) is 141 Å². The van der Waals surface area contributed by atoms with Crippen LogP contribution in [0, 0.1) is 0 Å². The number of para-hydroxylation sites is 1. The first-order valence-corrected chi connectivity index (χ1v) is 44.8. The lowest BCUT2D eigenvalue weighted by atomic mass is 10.0. The van der Waals surface area contributed by atoms with Gasteiger partial charge in [-0.15, -0.1) is 0 Å². The van der Waals surface area contributed by atoms with Crippen molar-refractivity contribution in [2.75, 3.05) is 79.0 Å². The van der Waals surface area contributed by atoms with E-state index < -0.39 is 186 Å². The summed E-state index contributed by atoms with van der Waals surface area (Å²) in [7, 11) is -4.99. The van der Waals surface area contributed by atoms with Crippen LogP contribution in [0.3, 0.4) is 0 Å². The molecule has 21 N–H and O–H groups in total. The van der Waals surface area contributed by atoms with Gasteiger partial charge in [-0.1, -0.05) is 157 Å². The van der Waals surface area contributed by atoms with E-state index in [4.69, 9.17) is 35.5 Å². The van der Waals surface area contributed by atoms with E-state index in [2.05, 4.69) is 67.7 Å². The Morgan fingerprint density at radius 2 is 0.845 bits per heavy atom. The lowest BCUT2D eigenvalue weighted by Crippen LogP contribution is -2.59. The summed E-state index contributed by atoms with van der Waals surface area (Å²) in [6, 6.07) is 7.63. The number of aliphatic carboxylic acids is 4. The summed E-state index contributed by atoms with van der Waals surface area (Å²) in [5.41, 5.74) is 13.3. The Bertz CT molecular complexity index is 4310. The highest BCUT2D eigenvalue weighted by Gasteiger charge is 2.36. The third-order valence-corrected chi connectivity index (χ3v) is 20.5. The number of nitrogens with two attached hydrogens (primary N) is 2. The Hall–Kier alpha value is -11.8. The third kappa shape index (κ3) is 49.4. The van der Waals surface area contributed by atoms with Crippen molar-refractivity contribution in [3.05, 3.63) is 102 Å². The van der Waals surface area contributed by atoms with E-state index in [0.29, 0.717) is 41.3 Å². The molecule has 0 unspecified atom stereocenters. The zero-order chi connectivity index (χ0) is 94.7. The number of H-pyrrole nitrogens is 1. The summed E-state index contributed by atoms with van der Waals surface area (Å²) in [4.78, 5) is 212. The van der Waals surface area contributed by atoms with E-state index >= 15 is 0 Å². The first kappa shape index (κ1) is 110. The number of ether oxygens (including phenoxy) is 4. The molecule has 0 aliphatic heterocycles. The quantitative estimate of drug-likeness (QED) is 0.0220. The molecule has 3 aromatic carbocycles. The molecule has 0 aliphatic carbocycles. The molecule has 0 radical (unpaired) electrons. The van der Waals surface area contributed by atoms with Gasteiger partial charge in [0.1, 0.15) is 67.3 Å². The van der Waals surface area contributed by atoms with Crippen LogP contribution in [0.2, 0.25) is 0 Å². The van der Waals surface area contributed by atoms with Crippen molar-refractivity contribution in [3.63, 3.8) is 0 Å². The molecule has 0 saturated heterocycles. The second-order valence-electron chi connectivity index (χ2n) is 30.8. The maximum absolute atomic E-state index is 14.6. The molecule has 1 aromatic heterocycles. The number of unbranched alkanes of at least 4 members (excludes halogenated alkanes) is 15. The topological polar surface area (TPSA) is 655 Å². The first-order chi connectivity index (χ1) is 61.7. The van der Waals surface area contributed by atoms with Crippen molar-refractivity contribution in [2.45, 2.75) is 241 Å². The average molecular weight is 1840 g/mol. The molecule has 8 atom stereocenters. The van der Waals surface area contributed by atoms with Crippen molar-refractivity contribution in [2.24, 2.45) is 11.5 Å². The van der Waals surface area contributed by atoms with E-state index in [0.717, 1.165) is 69.9 Å². The van der Waals surface area contributed by atoms with Crippen LogP contribution >= 0.6 is 0 Å². The highest BCUT2D eigenvalue weighted by atomic mass is 32.3. The van der Waals surface area contributed by atoms with Gasteiger partial charge in [0.15, 0.2) is 0 Å². The van der Waals surface area contributed by atoms with E-state index in [1.54, 1.807) is 67.7 Å². The molecule has 43 heteroatoms. The summed E-state index contributed by atoms with van der Waals surface area (Å²) in [6.45, 7) is 0.0113. The lowest BCUT2D eigenvalue weighted by Gasteiger charge is -2.26. The number of fused-ring (bicyclic) bond motifs is 1. The lowest BCUT2D eigenvalue weighted by molar-refractivity contribution is -0.142. The molecule has 1 heterocycles. The number of benzene rings is 3. The average Bonchev–Trinajstić information content (AvgIpc) is 1.70. The number of amides is 12. The van der Waals surface area contributed by atoms with Crippen LogP contribution in [-0.4, -0.2) is 261 Å². The van der Waals surface area contributed by atoms with Gasteiger partial charge in [0.2, 0.25) is 70.9 Å². The molecule has 42 nitrogen and oxygen atoms in total. The second-order valence-corrected chi connectivity index (χ2v) is 31.8. The summed E-state index contributed by atoms with van der Waals surface area (Å²) < 4.78 is 58.3. The SMILES string of the molecule is CCCC[C@H](NC(=O)[C@H](Cc1ccc(OS(=O)(=O)O)cc1)NC(=O)[C@H](CC(=O)O)NC(=O)COCCOCCNC(=O)COCCOCCNC(=O)CC[C@H](NC(=O)CCCCCCCCCCCCCCCCC(=O)O)C(=O)O)C(=O)NCC(=O)N[C@@H](Cc1c[nH]c2ccccc12)C(=O)N[C@@H](CCCCN)C(=O)N[C@@H](CC(=O)O)C(=O)N[C@@H](Cc1ccccc1)C(N)=O. The fourth-order valence-electron chi connectivity index (χ4n) is 13.3. The number of primary amides is 1. The second kappa shape index (κ2) is 63.2. The van der Waals surface area contributed by atoms with Crippen molar-refractivity contribution in [1.29, 1.82) is 0 Å². The minimum Gasteiger partial charge on any atom is -0.481 e. The van der Waals surface area contributed by atoms with Gasteiger partial charge in [-0.3, -0.25) is 76.5 Å². The summed E-state index contributed by atoms with van der Waals surface area (Å²) in [5.74, 6) is -16.0. The zero-order valence-corrected chi connectivity index (χ0v) is 73.7. The van der Waals surface area contributed by atoms with Crippen molar-refractivity contribution >= 4 is 116 Å². The summed E-state index contributed by atoms with van der Waals surface area (Å²) >= 11 is 0. The fraction of sp³-hybridized carbons (Fsp3) is 0.581. The standard InChI is InChI=1S/C86H128N14O28S/c1-2-3-28-63(80(113)92-54-73(103)94-68(50-59-53-91-62-29-22-21-27-61(59)62)83(116)97-64(30-23-24-39-87)81(114)100-70(52-78(110)111)85(118)98-66(79(88)112)48-57-25-17-16-18-26-57)96-82(115)67(49-58-33-35-60(36-34-58)128-129(121,122)123)99-84(117)69(51-77(108)109)95-75(105)56-127-47-45-125-43-41-90-74(104)55-126-46-44-124-42-40-89-71(101)38-37-65(86(119)120)93-72(102)31-19-14-12-10-8-6-4-5-7-9-11-13-15-20-32-76(106)107/h16-18,21-22,25-27,29,33-36,53,63-70,91H,2-15,19-20,23-24,28,30-32,37-52,54-56,87H2,1H3,(H2,88,112)(H,89,101)(H,90,104)(H,92,113)(H,93,102)(H,94,103)(H,95,105)(H,96,115)(H,97,116)(H,98,118)(H,99,117)(H,100,114)(H,106,107)(H,108,109)(H,110,111)(H,119,120)(H,121,122,123)/t63-,64-,65-,66-,67-,68-,69-,70-/m0/s1. The zero-order valence-electron chi connectivity index (χ0n) is 72.9. The minimum atomic E-state index is -4.99. The highest BCUT2D eigenvalue weighted by Crippen LogP contribution is 2.22. The van der Waals surface area contributed by atoms with Gasteiger partial charge in [0.05, 0.1) is 59.0 Å². The number of carbonyl (C=O) groups excluding carboxylic acids is 12. The molecular formula is C86H128N14O28S. The number of carbonyl (C=O) groups is 16. The van der Waals surface area contributed by atoms with Gasteiger partial charge in [-0.25, -0.2) is 4.79 Å². The highest BCUT2D eigenvalue weighted by molar-refractivity contribution is 7.81. The largest absolute Gasteiger partial charge is 0.481 e. The Morgan fingerprint density at radius 3 is 1.40 bits per heavy atom. The third-order valence-electron chi connectivity index (χ3n) is 20.1. The van der Waals surface area contributed by atoms with Gasteiger partial charge in [-0.2, -0.15) is 8.42 Å². The molecule has 4 aromatic rings. The first-order valence-electron chi connectivity index (χ1n) is 43.5. The molecule has 0 saturated carbocycles. The van der Waals surface area contributed by atoms with Crippen LogP contribution in [0.1, 0.15) is 191 Å². The Labute approximate surface area is 748 Å². The minimum absolute atomic E-state index is 0.0116. The maximum Gasteiger partial charge on any atom is 0.446 e. The molecule has 0 spiro atoms. The van der Waals surface area contributed by atoms with Gasteiger partial charge < -0.3 is 118 Å². The van der Waals surface area contributed by atoms with Crippen LogP contribution in [0.4, 0.5) is 0 Å². The number of hydrogen-bond donors (Lipinski definition) is 19. The van der Waals surface area contributed by atoms with Gasteiger partial charge in [0, 0.05) is 68.7 Å². The van der Waals surface area contributed by atoms with Crippen LogP contribution in [0.5, 0.6) is 5.75 Å². The van der Waals surface area contributed by atoms with E-state index in [1.807, 2.05) is 0 Å². The Balaban J connectivity index is 1.26. The molecule has 0 aliphatic rings. The number of carboxylic acids is 4. The predicted octanol–water partition coefficient (Wildman–Crippen LogP) is 1.62. The van der Waals surface area contributed by atoms with E-state index in [1.165, 1.54) is 37.8 Å². The molecule has 129 heavy (non-hydrogen) atoms. The van der Waals surface area contributed by atoms with Crippen LogP contribution in [0.25, 0.3) is 10.9 Å². The summed E-state index contributed by atoms with van der Waals surface area (Å²) in [6.07, 6.45) is 14.5. The van der Waals surface area contributed by atoms with Crippen molar-refractivity contribution < 1.29 is 133 Å². The van der Waals surface area contributed by atoms with Crippen LogP contribution < -0.4 is 74.1 Å². The number of aromatic nitrogens is 1. The Kier molecular flexibility index (Phi) is 53.7.